The van der Waals surface area contributed by atoms with Crippen molar-refractivity contribution < 1.29 is 22.3 Å². The number of imidazole rings is 1. The van der Waals surface area contributed by atoms with Gasteiger partial charge in [-0.05, 0) is 59.9 Å². The lowest BCUT2D eigenvalue weighted by molar-refractivity contribution is -0.136. The smallest absolute Gasteiger partial charge is 0.381 e. The standard InChI is InChI=1S/C31H27F4N7O/c1-42-18-38-41-29(42)24-14-22(32)5-6-23(24)20-3-2-4-21(13-20)28-39-26-12-19(11-25(27(26)40-28)31(33,34)35)15-37-17-30(16-36)7-9-43-10-8-30/h2-6,11-14,18,37H,7-10,15,17H2,1H3,(H,39,40). The maximum absolute atomic E-state index is 14.2. The molecule has 3 heterocycles. The van der Waals surface area contributed by atoms with Crippen molar-refractivity contribution in [3.8, 4) is 40.0 Å². The van der Waals surface area contributed by atoms with Crippen molar-refractivity contribution in [2.45, 2.75) is 25.6 Å². The van der Waals surface area contributed by atoms with Crippen molar-refractivity contribution in [2.24, 2.45) is 12.5 Å². The Bertz CT molecular complexity index is 1830. The normalized spacial score (nSPS) is 15.1. The lowest BCUT2D eigenvalue weighted by Gasteiger charge is -2.30. The number of nitrogens with one attached hydrogen (secondary N) is 2. The number of nitriles is 1. The van der Waals surface area contributed by atoms with Crippen molar-refractivity contribution in [1.29, 1.82) is 5.26 Å². The molecule has 2 N–H and O–H groups in total. The van der Waals surface area contributed by atoms with E-state index < -0.39 is 23.0 Å². The van der Waals surface area contributed by atoms with Gasteiger partial charge in [0.15, 0.2) is 5.82 Å². The summed E-state index contributed by atoms with van der Waals surface area (Å²) in [6, 6.07) is 16.6. The third kappa shape index (κ3) is 5.74. The van der Waals surface area contributed by atoms with Gasteiger partial charge in [0.05, 0.1) is 28.1 Å². The third-order valence-electron chi connectivity index (χ3n) is 7.82. The fraction of sp³-hybridized carbons (Fsp3) is 0.290. The van der Waals surface area contributed by atoms with Crippen LogP contribution in [-0.2, 0) is 24.5 Å². The second-order valence-corrected chi connectivity index (χ2v) is 10.8. The van der Waals surface area contributed by atoms with E-state index in [0.29, 0.717) is 66.2 Å². The minimum absolute atomic E-state index is 0.115. The molecule has 12 heteroatoms. The van der Waals surface area contributed by atoms with E-state index in [0.717, 1.165) is 6.07 Å². The molecule has 3 aromatic carbocycles. The van der Waals surface area contributed by atoms with E-state index in [4.69, 9.17) is 4.74 Å². The summed E-state index contributed by atoms with van der Waals surface area (Å²) in [5, 5.41) is 20.9. The van der Waals surface area contributed by atoms with Crippen LogP contribution in [0.4, 0.5) is 17.6 Å². The minimum atomic E-state index is -4.62. The summed E-state index contributed by atoms with van der Waals surface area (Å²) < 4.78 is 63.9. The Morgan fingerprint density at radius 3 is 2.58 bits per heavy atom. The average molecular weight is 590 g/mol. The number of fused-ring (bicyclic) bond motifs is 1. The third-order valence-corrected chi connectivity index (χ3v) is 7.82. The molecule has 0 saturated carbocycles. The first kappa shape index (κ1) is 28.5. The molecule has 2 aromatic heterocycles. The van der Waals surface area contributed by atoms with Crippen LogP contribution in [0.25, 0.3) is 44.9 Å². The van der Waals surface area contributed by atoms with Gasteiger partial charge in [0.25, 0.3) is 0 Å². The second kappa shape index (κ2) is 11.2. The van der Waals surface area contributed by atoms with Crippen molar-refractivity contribution in [3.63, 3.8) is 0 Å². The molecule has 1 saturated heterocycles. The summed E-state index contributed by atoms with van der Waals surface area (Å²) in [5.41, 5.74) is 1.52. The predicted molar refractivity (Wildman–Crippen MR) is 152 cm³/mol. The zero-order valence-corrected chi connectivity index (χ0v) is 23.2. The first-order valence-electron chi connectivity index (χ1n) is 13.7. The van der Waals surface area contributed by atoms with E-state index in [1.54, 1.807) is 41.9 Å². The number of H-pyrrole nitrogens is 1. The second-order valence-electron chi connectivity index (χ2n) is 10.8. The molecule has 8 nitrogen and oxygen atoms in total. The molecule has 5 aromatic rings. The highest BCUT2D eigenvalue weighted by Gasteiger charge is 2.35. The molecule has 0 amide bonds. The molecule has 6 rings (SSSR count). The predicted octanol–water partition coefficient (Wildman–Crippen LogP) is 6.26. The highest BCUT2D eigenvalue weighted by atomic mass is 19.4. The molecule has 43 heavy (non-hydrogen) atoms. The number of ether oxygens (including phenoxy) is 1. The van der Waals surface area contributed by atoms with E-state index in [9.17, 15) is 22.8 Å². The Kier molecular flexibility index (Phi) is 7.45. The Hall–Kier alpha value is -4.60. The highest BCUT2D eigenvalue weighted by molar-refractivity contribution is 5.86. The van der Waals surface area contributed by atoms with Gasteiger partial charge in [0, 0.05) is 44.5 Å². The molecular weight excluding hydrogens is 562 g/mol. The quantitative estimate of drug-likeness (QED) is 0.217. The fourth-order valence-corrected chi connectivity index (χ4v) is 5.48. The number of alkyl halides is 3. The number of hydrogen-bond donors (Lipinski definition) is 2. The first-order chi connectivity index (χ1) is 20.7. The van der Waals surface area contributed by atoms with Gasteiger partial charge in [0.1, 0.15) is 18.0 Å². The summed E-state index contributed by atoms with van der Waals surface area (Å²) in [5.74, 6) is 0.299. The number of rotatable bonds is 7. The summed E-state index contributed by atoms with van der Waals surface area (Å²) in [6.07, 6.45) is -1.96. The lowest BCUT2D eigenvalue weighted by atomic mass is 9.82. The summed E-state index contributed by atoms with van der Waals surface area (Å²) in [7, 11) is 1.75. The number of aromatic nitrogens is 5. The molecule has 1 aliphatic heterocycles. The highest BCUT2D eigenvalue weighted by Crippen LogP contribution is 2.38. The monoisotopic (exact) mass is 589 g/mol. The molecule has 0 radical (unpaired) electrons. The largest absolute Gasteiger partial charge is 0.418 e. The van der Waals surface area contributed by atoms with Crippen LogP contribution >= 0.6 is 0 Å². The van der Waals surface area contributed by atoms with Crippen LogP contribution in [-0.4, -0.2) is 44.5 Å². The fourth-order valence-electron chi connectivity index (χ4n) is 5.48. The number of benzene rings is 3. The molecule has 220 valence electrons. The molecule has 0 aliphatic carbocycles. The van der Waals surface area contributed by atoms with Crippen LogP contribution in [0.5, 0.6) is 0 Å². The molecule has 0 unspecified atom stereocenters. The zero-order valence-electron chi connectivity index (χ0n) is 23.2. The van der Waals surface area contributed by atoms with E-state index in [1.165, 1.54) is 18.5 Å². The first-order valence-corrected chi connectivity index (χ1v) is 13.7. The zero-order chi connectivity index (χ0) is 30.2. The minimum Gasteiger partial charge on any atom is -0.381 e. The molecule has 0 atom stereocenters. The summed E-state index contributed by atoms with van der Waals surface area (Å²) >= 11 is 0. The van der Waals surface area contributed by atoms with Crippen molar-refractivity contribution in [1.82, 2.24) is 30.0 Å². The van der Waals surface area contributed by atoms with Crippen molar-refractivity contribution in [2.75, 3.05) is 19.8 Å². The topological polar surface area (TPSA) is 104 Å². The maximum Gasteiger partial charge on any atom is 0.418 e. The van der Waals surface area contributed by atoms with Gasteiger partial charge < -0.3 is 19.6 Å². The van der Waals surface area contributed by atoms with Gasteiger partial charge in [0.2, 0.25) is 0 Å². The van der Waals surface area contributed by atoms with Gasteiger partial charge in [-0.1, -0.05) is 24.3 Å². The van der Waals surface area contributed by atoms with Gasteiger partial charge in [-0.3, -0.25) is 0 Å². The van der Waals surface area contributed by atoms with Crippen LogP contribution in [0.15, 0.2) is 60.9 Å². The molecular formula is C31H27F4N7O. The molecule has 1 aliphatic rings. The summed E-state index contributed by atoms with van der Waals surface area (Å²) in [6.45, 7) is 1.47. The number of halogens is 4. The van der Waals surface area contributed by atoms with Crippen molar-refractivity contribution in [3.05, 3.63) is 77.9 Å². The van der Waals surface area contributed by atoms with Gasteiger partial charge in [-0.15, -0.1) is 10.2 Å². The number of aromatic amines is 1. The molecule has 1 fully saturated rings. The molecule has 0 spiro atoms. The van der Waals surface area contributed by atoms with Crippen LogP contribution in [0.3, 0.4) is 0 Å². The van der Waals surface area contributed by atoms with Gasteiger partial charge in [-0.2, -0.15) is 18.4 Å². The summed E-state index contributed by atoms with van der Waals surface area (Å²) in [4.78, 5) is 7.42. The average Bonchev–Trinajstić information content (AvgIpc) is 3.63. The van der Waals surface area contributed by atoms with E-state index >= 15 is 0 Å². The Morgan fingerprint density at radius 1 is 1.07 bits per heavy atom. The van der Waals surface area contributed by atoms with Gasteiger partial charge >= 0.3 is 6.18 Å². The van der Waals surface area contributed by atoms with Crippen molar-refractivity contribution >= 4 is 11.0 Å². The van der Waals surface area contributed by atoms with Gasteiger partial charge in [-0.25, -0.2) is 9.37 Å². The van der Waals surface area contributed by atoms with Crippen LogP contribution in [0.1, 0.15) is 24.0 Å². The SMILES string of the molecule is Cn1cnnc1-c1cc(F)ccc1-c1cccc(-c2nc3cc(CNCC4(C#N)CCOCC4)cc(C(F)(F)F)c3[nH]2)c1. The van der Waals surface area contributed by atoms with Crippen LogP contribution in [0.2, 0.25) is 0 Å². The van der Waals surface area contributed by atoms with E-state index in [2.05, 4.69) is 31.6 Å². The Labute approximate surface area is 244 Å². The lowest BCUT2D eigenvalue weighted by Crippen LogP contribution is -2.37. The maximum atomic E-state index is 14.2. The van der Waals surface area contributed by atoms with E-state index in [1.807, 2.05) is 6.07 Å². The Morgan fingerprint density at radius 2 is 1.86 bits per heavy atom. The van der Waals surface area contributed by atoms with Crippen LogP contribution in [0, 0.1) is 22.6 Å². The number of hydrogen-bond acceptors (Lipinski definition) is 6. The Balaban J connectivity index is 1.34. The van der Waals surface area contributed by atoms with Crippen LogP contribution < -0.4 is 5.32 Å². The number of nitrogens with zero attached hydrogens (tertiary/aromatic N) is 5. The number of aryl methyl sites for hydroxylation is 1. The van der Waals surface area contributed by atoms with E-state index in [-0.39, 0.29) is 23.4 Å². The molecule has 0 bridgehead atoms.